The lowest BCUT2D eigenvalue weighted by Gasteiger charge is -2.24. The number of rotatable bonds is 8. The van der Waals surface area contributed by atoms with Crippen LogP contribution in [0.3, 0.4) is 0 Å². The maximum atomic E-state index is 6.74. The van der Waals surface area contributed by atoms with Crippen molar-refractivity contribution < 1.29 is 9.05 Å². The number of hydrogen-bond donors (Lipinski definition) is 0. The minimum Gasteiger partial charge on any atom is -0.464 e. The van der Waals surface area contributed by atoms with E-state index < -0.39 is 16.3 Å². The van der Waals surface area contributed by atoms with Gasteiger partial charge >= 0.3 is 0 Å². The van der Waals surface area contributed by atoms with Gasteiger partial charge in [-0.3, -0.25) is 0 Å². The van der Waals surface area contributed by atoms with E-state index in [4.69, 9.17) is 9.05 Å². The van der Waals surface area contributed by atoms with E-state index in [9.17, 15) is 0 Å². The lowest BCUT2D eigenvalue weighted by molar-refractivity contribution is 0.591. The largest absolute Gasteiger partial charge is 0.464 e. The summed E-state index contributed by atoms with van der Waals surface area (Å²) < 4.78 is 13.5. The molecule has 0 spiro atoms. The van der Waals surface area contributed by atoms with Crippen molar-refractivity contribution in [3.63, 3.8) is 0 Å². The Kier molecular flexibility index (Phi) is 7.54. The predicted molar refractivity (Wildman–Crippen MR) is 151 cm³/mol. The van der Waals surface area contributed by atoms with Gasteiger partial charge in [0.1, 0.15) is 11.5 Å². The van der Waals surface area contributed by atoms with Gasteiger partial charge in [-0.05, 0) is 19.1 Å². The second-order valence-electron chi connectivity index (χ2n) is 7.99. The SMILES string of the molecule is Cc1c(OP(c2ccccc2)c2ccccc2)cccc1OP(c1ccccc1)c1ccccc1. The van der Waals surface area contributed by atoms with Crippen LogP contribution in [0.4, 0.5) is 0 Å². The molecule has 0 N–H and O–H groups in total. The third-order valence-corrected chi connectivity index (χ3v) is 9.40. The van der Waals surface area contributed by atoms with Crippen LogP contribution in [0, 0.1) is 6.92 Å². The molecule has 0 atom stereocenters. The highest BCUT2D eigenvalue weighted by molar-refractivity contribution is 7.69. The minimum absolute atomic E-state index is 0.845. The highest BCUT2D eigenvalue weighted by Gasteiger charge is 2.21. The van der Waals surface area contributed by atoms with Crippen molar-refractivity contribution in [1.29, 1.82) is 0 Å². The highest BCUT2D eigenvalue weighted by atomic mass is 31.1. The van der Waals surface area contributed by atoms with Crippen molar-refractivity contribution in [3.05, 3.63) is 145 Å². The monoisotopic (exact) mass is 492 g/mol. The highest BCUT2D eigenvalue weighted by Crippen LogP contribution is 2.43. The van der Waals surface area contributed by atoms with Gasteiger partial charge in [-0.1, -0.05) is 127 Å². The lowest BCUT2D eigenvalue weighted by atomic mass is 10.2. The third-order valence-electron chi connectivity index (χ3n) is 5.58. The van der Waals surface area contributed by atoms with Crippen LogP contribution >= 0.6 is 16.3 Å². The minimum atomic E-state index is -1.01. The average molecular weight is 492 g/mol. The molecule has 0 aliphatic heterocycles. The van der Waals surface area contributed by atoms with Crippen molar-refractivity contribution in [3.8, 4) is 11.5 Å². The molecule has 0 radical (unpaired) electrons. The van der Waals surface area contributed by atoms with Crippen LogP contribution in [0.2, 0.25) is 0 Å². The van der Waals surface area contributed by atoms with E-state index in [-0.39, 0.29) is 0 Å². The fourth-order valence-corrected chi connectivity index (χ4v) is 7.33. The Labute approximate surface area is 209 Å². The smallest absolute Gasteiger partial charge is 0.150 e. The molecule has 0 amide bonds. The molecule has 4 heteroatoms. The molecule has 35 heavy (non-hydrogen) atoms. The van der Waals surface area contributed by atoms with Crippen LogP contribution in [-0.2, 0) is 0 Å². The Balaban J connectivity index is 1.49. The normalized spacial score (nSPS) is 10.9. The third kappa shape index (κ3) is 5.63. The molecular weight excluding hydrogens is 466 g/mol. The molecule has 5 rings (SSSR count). The quantitative estimate of drug-likeness (QED) is 0.221. The summed E-state index contributed by atoms with van der Waals surface area (Å²) in [7, 11) is -2.03. The Morgan fingerprint density at radius 2 is 0.657 bits per heavy atom. The summed E-state index contributed by atoms with van der Waals surface area (Å²) in [6, 6.07) is 47.9. The zero-order chi connectivity index (χ0) is 23.9. The molecule has 5 aromatic carbocycles. The van der Waals surface area contributed by atoms with Crippen molar-refractivity contribution in [2.75, 3.05) is 0 Å². The maximum absolute atomic E-state index is 6.74. The van der Waals surface area contributed by atoms with E-state index in [2.05, 4.69) is 104 Å². The zero-order valence-electron chi connectivity index (χ0n) is 19.5. The van der Waals surface area contributed by atoms with Gasteiger partial charge in [0.05, 0.1) is 0 Å². The maximum Gasteiger partial charge on any atom is 0.150 e. The topological polar surface area (TPSA) is 18.5 Å². The van der Waals surface area contributed by atoms with Gasteiger partial charge in [-0.15, -0.1) is 0 Å². The second-order valence-corrected chi connectivity index (χ2v) is 11.6. The summed E-state index contributed by atoms with van der Waals surface area (Å²) in [5.74, 6) is 1.69. The Morgan fingerprint density at radius 3 is 0.943 bits per heavy atom. The van der Waals surface area contributed by atoms with Crippen LogP contribution in [0.25, 0.3) is 0 Å². The Bertz CT molecular complexity index is 1160. The second kappa shape index (κ2) is 11.3. The van der Waals surface area contributed by atoms with Crippen LogP contribution in [0.15, 0.2) is 140 Å². The molecule has 0 aliphatic rings. The van der Waals surface area contributed by atoms with E-state index in [1.54, 1.807) is 0 Å². The van der Waals surface area contributed by atoms with Crippen LogP contribution < -0.4 is 30.3 Å². The number of benzene rings is 5. The standard InChI is InChI=1S/C31H26O2P2/c1-25-30(32-34(26-15-6-2-7-16-26)27-17-8-3-9-18-27)23-14-24-31(25)33-35(28-19-10-4-11-20-28)29-21-12-5-13-22-29/h2-24H,1H3. The molecule has 0 fully saturated rings. The Hall–Kier alpha value is -3.44. The van der Waals surface area contributed by atoms with Crippen molar-refractivity contribution in [2.45, 2.75) is 6.92 Å². The molecule has 2 nitrogen and oxygen atoms in total. The fraction of sp³-hybridized carbons (Fsp3) is 0.0323. The first kappa shape index (κ1) is 23.3. The number of hydrogen-bond acceptors (Lipinski definition) is 2. The van der Waals surface area contributed by atoms with Crippen molar-refractivity contribution >= 4 is 37.5 Å². The summed E-state index contributed by atoms with van der Waals surface area (Å²) >= 11 is 0. The molecule has 5 aromatic rings. The summed E-state index contributed by atoms with van der Waals surface area (Å²) in [5.41, 5.74) is 1.01. The molecule has 0 saturated carbocycles. The molecule has 0 unspecified atom stereocenters. The van der Waals surface area contributed by atoms with Gasteiger partial charge in [0, 0.05) is 26.8 Å². The van der Waals surface area contributed by atoms with Gasteiger partial charge in [-0.25, -0.2) is 0 Å². The molecule has 0 aliphatic carbocycles. The van der Waals surface area contributed by atoms with Crippen molar-refractivity contribution in [2.24, 2.45) is 0 Å². The molecule has 0 bridgehead atoms. The summed E-state index contributed by atoms with van der Waals surface area (Å²) in [6.07, 6.45) is 0. The molecule has 0 saturated heterocycles. The van der Waals surface area contributed by atoms with E-state index >= 15 is 0 Å². The fourth-order valence-electron chi connectivity index (χ4n) is 3.75. The van der Waals surface area contributed by atoms with Gasteiger partial charge in [-0.2, -0.15) is 0 Å². The van der Waals surface area contributed by atoms with Gasteiger partial charge in [0.2, 0.25) is 0 Å². The van der Waals surface area contributed by atoms with Gasteiger partial charge < -0.3 is 9.05 Å². The van der Waals surface area contributed by atoms with Crippen LogP contribution in [-0.4, -0.2) is 0 Å². The van der Waals surface area contributed by atoms with Gasteiger partial charge in [0.15, 0.2) is 16.3 Å². The molecule has 0 heterocycles. The average Bonchev–Trinajstić information content (AvgIpc) is 2.94. The van der Waals surface area contributed by atoms with Crippen LogP contribution in [0.1, 0.15) is 5.56 Å². The van der Waals surface area contributed by atoms with E-state index in [0.29, 0.717) is 0 Å². The van der Waals surface area contributed by atoms with E-state index in [1.165, 1.54) is 21.2 Å². The lowest BCUT2D eigenvalue weighted by Crippen LogP contribution is -2.16. The Morgan fingerprint density at radius 1 is 0.371 bits per heavy atom. The first-order valence-corrected chi connectivity index (χ1v) is 14.1. The first-order chi connectivity index (χ1) is 17.3. The van der Waals surface area contributed by atoms with E-state index in [1.807, 2.05) is 42.5 Å². The summed E-state index contributed by atoms with van der Waals surface area (Å²) in [4.78, 5) is 0. The molecule has 172 valence electrons. The van der Waals surface area contributed by atoms with Gasteiger partial charge in [0.25, 0.3) is 0 Å². The molecular formula is C31H26O2P2. The summed E-state index contributed by atoms with van der Waals surface area (Å²) in [5, 5.41) is 4.70. The molecule has 0 aromatic heterocycles. The zero-order valence-corrected chi connectivity index (χ0v) is 21.3. The van der Waals surface area contributed by atoms with E-state index in [0.717, 1.165) is 17.1 Å². The van der Waals surface area contributed by atoms with Crippen LogP contribution in [0.5, 0.6) is 11.5 Å². The summed E-state index contributed by atoms with van der Waals surface area (Å²) in [6.45, 7) is 2.08. The first-order valence-electron chi connectivity index (χ1n) is 11.6. The van der Waals surface area contributed by atoms with Crippen molar-refractivity contribution in [1.82, 2.24) is 0 Å². The predicted octanol–water partition coefficient (Wildman–Crippen LogP) is 6.85.